The lowest BCUT2D eigenvalue weighted by molar-refractivity contribution is 1.86. The molecule has 0 fully saturated rings. The van der Waals surface area contributed by atoms with E-state index in [1.807, 2.05) is 0 Å². The molecule has 0 nitrogen and oxygen atoms in total. The lowest BCUT2D eigenvalue weighted by atomic mass is 11.8. The molecule has 0 N–H and O–H groups in total. The summed E-state index contributed by atoms with van der Waals surface area (Å²) in [4.78, 5) is 0. The SMILES string of the molecule is C[Si](C)(C)[SiH]([SiH3])[SiH3]. The fourth-order valence-corrected chi connectivity index (χ4v) is 0. The van der Waals surface area contributed by atoms with Crippen molar-refractivity contribution in [3.8, 4) is 0 Å². The molecule has 0 rings (SSSR count). The molecule has 0 aromatic carbocycles. The number of hydrogen-bond acceptors (Lipinski definition) is 0. The van der Waals surface area contributed by atoms with E-state index in [4.69, 9.17) is 0 Å². The van der Waals surface area contributed by atoms with Gasteiger partial charge >= 0.3 is 0 Å². The van der Waals surface area contributed by atoms with Gasteiger partial charge in [0.25, 0.3) is 0 Å². The van der Waals surface area contributed by atoms with E-state index in [2.05, 4.69) is 19.6 Å². The van der Waals surface area contributed by atoms with E-state index in [0.717, 1.165) is 0 Å². The van der Waals surface area contributed by atoms with Crippen molar-refractivity contribution in [2.45, 2.75) is 19.6 Å². The van der Waals surface area contributed by atoms with Gasteiger partial charge in [-0.2, -0.15) is 0 Å². The minimum atomic E-state index is -0.472. The normalized spacial score (nSPS) is 17.6. The van der Waals surface area contributed by atoms with Crippen LogP contribution in [0.3, 0.4) is 0 Å². The summed E-state index contributed by atoms with van der Waals surface area (Å²) in [5.41, 5.74) is 0. The van der Waals surface area contributed by atoms with E-state index in [1.165, 1.54) is 0 Å². The molecule has 0 unspecified atom stereocenters. The van der Waals surface area contributed by atoms with Crippen molar-refractivity contribution in [2.24, 2.45) is 0 Å². The molecule has 0 radical (unpaired) electrons. The van der Waals surface area contributed by atoms with Crippen molar-refractivity contribution in [2.75, 3.05) is 0 Å². The Morgan fingerprint density at radius 1 is 1.14 bits per heavy atom. The molecular weight excluding hydrogens is 148 g/mol. The lowest BCUT2D eigenvalue weighted by Crippen LogP contribution is -2.44. The second-order valence-electron chi connectivity index (χ2n) is 3.52. The number of hydrogen-bond donors (Lipinski definition) is 0. The molecule has 4 heteroatoms. The average molecular weight is 165 g/mol. The van der Waals surface area contributed by atoms with Gasteiger partial charge in [-0.3, -0.25) is 0 Å². The van der Waals surface area contributed by atoms with E-state index in [1.54, 1.807) is 19.5 Å². The highest BCUT2D eigenvalue weighted by Gasteiger charge is 2.17. The third-order valence-corrected chi connectivity index (χ3v) is 46.8. The Morgan fingerprint density at radius 2 is 1.29 bits per heavy atom. The molecule has 0 spiro atoms. The molecule has 0 aromatic heterocycles. The summed E-state index contributed by atoms with van der Waals surface area (Å²) in [6.07, 6.45) is 0. The molecule has 0 saturated carbocycles. The van der Waals surface area contributed by atoms with E-state index in [9.17, 15) is 0 Å². The molecule has 44 valence electrons. The van der Waals surface area contributed by atoms with Crippen LogP contribution in [0.5, 0.6) is 0 Å². The van der Waals surface area contributed by atoms with Gasteiger partial charge in [-0.1, -0.05) is 19.6 Å². The first kappa shape index (κ1) is 7.87. The molecule has 0 amide bonds. The smallest absolute Gasteiger partial charge is 0.0280 e. The highest BCUT2D eigenvalue weighted by molar-refractivity contribution is 7.62. The molecule has 0 aliphatic rings. The molecule has 0 aliphatic heterocycles. The van der Waals surface area contributed by atoms with Crippen LogP contribution in [0.4, 0.5) is 0 Å². The topological polar surface area (TPSA) is 0 Å². The Balaban J connectivity index is 3.54. The quantitative estimate of drug-likeness (QED) is 0.408. The van der Waals surface area contributed by atoms with Gasteiger partial charge in [-0.25, -0.2) is 0 Å². The highest BCUT2D eigenvalue weighted by atomic mass is 29.8. The molecule has 0 aliphatic carbocycles. The van der Waals surface area contributed by atoms with Crippen molar-refractivity contribution in [1.29, 1.82) is 0 Å². The average Bonchev–Trinajstić information content (AvgIpc) is 1.31. The van der Waals surface area contributed by atoms with E-state index < -0.39 is 7.59 Å². The summed E-state index contributed by atoms with van der Waals surface area (Å²) < 4.78 is 0. The van der Waals surface area contributed by atoms with Gasteiger partial charge in [0.1, 0.15) is 0 Å². The summed E-state index contributed by atoms with van der Waals surface area (Å²) in [5, 5.41) is 0. The molecule has 0 bridgehead atoms. The van der Waals surface area contributed by atoms with Gasteiger partial charge in [0, 0.05) is 14.9 Å². The van der Waals surface area contributed by atoms with Crippen molar-refractivity contribution in [3.05, 3.63) is 0 Å². The third-order valence-electron chi connectivity index (χ3n) is 1.73. The maximum Gasteiger partial charge on any atom is 0.0280 e. The van der Waals surface area contributed by atoms with Gasteiger partial charge in [-0.15, -0.1) is 0 Å². The Bertz CT molecular complexity index is 52.4. The molecule has 0 atom stereocenters. The zero-order chi connectivity index (χ0) is 6.08. The Morgan fingerprint density at radius 3 is 1.29 bits per heavy atom. The first-order valence-electron chi connectivity index (χ1n) is 2.94. The maximum absolute atomic E-state index is 2.53. The first-order chi connectivity index (χ1) is 2.94. The zero-order valence-corrected chi connectivity index (χ0v) is 12.2. The number of rotatable bonds is 1. The monoisotopic (exact) mass is 164 g/mol. The van der Waals surface area contributed by atoms with E-state index >= 15 is 0 Å². The van der Waals surface area contributed by atoms with Crippen LogP contribution in [0.2, 0.25) is 19.6 Å². The predicted molar refractivity (Wildman–Crippen MR) is 50.4 cm³/mol. The second kappa shape index (κ2) is 2.43. The minimum Gasteiger partial charge on any atom is -0.0722 e. The summed E-state index contributed by atoms with van der Waals surface area (Å²) in [6, 6.07) is 0. The standard InChI is InChI=1S/C3H16Si4/c1-7(2,3)6(4)5/h6H,1-5H3. The fraction of sp³-hybridized carbons (Fsp3) is 1.00. The van der Waals surface area contributed by atoms with Gasteiger partial charge in [0.2, 0.25) is 0 Å². The highest BCUT2D eigenvalue weighted by Crippen LogP contribution is 1.98. The summed E-state index contributed by atoms with van der Waals surface area (Å²) in [7, 11) is 2.77. The van der Waals surface area contributed by atoms with Crippen LogP contribution in [0.15, 0.2) is 0 Å². The van der Waals surface area contributed by atoms with Gasteiger partial charge < -0.3 is 0 Å². The zero-order valence-electron chi connectivity index (χ0n) is 6.08. The Labute approximate surface area is 54.5 Å². The van der Waals surface area contributed by atoms with Gasteiger partial charge in [-0.05, 0) is 19.5 Å². The largest absolute Gasteiger partial charge is 0.0722 e. The van der Waals surface area contributed by atoms with Crippen LogP contribution in [0.1, 0.15) is 0 Å². The minimum absolute atomic E-state index is 0.0579. The van der Waals surface area contributed by atoms with Crippen molar-refractivity contribution in [3.63, 3.8) is 0 Å². The third kappa shape index (κ3) is 3.45. The van der Waals surface area contributed by atoms with Crippen LogP contribution in [0.25, 0.3) is 0 Å². The van der Waals surface area contributed by atoms with Crippen molar-refractivity contribution >= 4 is 34.5 Å². The summed E-state index contributed by atoms with van der Waals surface area (Å²) in [5.74, 6) is 0. The molecule has 0 heterocycles. The van der Waals surface area contributed by atoms with Crippen LogP contribution < -0.4 is 0 Å². The van der Waals surface area contributed by atoms with Crippen molar-refractivity contribution < 1.29 is 0 Å². The molecular formula is C3H16Si4. The lowest BCUT2D eigenvalue weighted by Gasteiger charge is -2.18. The van der Waals surface area contributed by atoms with E-state index in [-0.39, 0.29) is 7.35 Å². The Kier molecular flexibility index (Phi) is 2.73. The molecule has 7 heavy (non-hydrogen) atoms. The van der Waals surface area contributed by atoms with Crippen LogP contribution in [-0.4, -0.2) is 34.5 Å². The van der Waals surface area contributed by atoms with Crippen LogP contribution in [0, 0.1) is 0 Å². The fourth-order valence-electron chi connectivity index (χ4n) is 0. The molecule has 0 saturated heterocycles. The van der Waals surface area contributed by atoms with Gasteiger partial charge in [0.05, 0.1) is 0 Å². The summed E-state index contributed by atoms with van der Waals surface area (Å²) >= 11 is 0. The van der Waals surface area contributed by atoms with E-state index in [0.29, 0.717) is 0 Å². The van der Waals surface area contributed by atoms with Crippen LogP contribution in [-0.2, 0) is 0 Å². The van der Waals surface area contributed by atoms with Crippen molar-refractivity contribution in [1.82, 2.24) is 0 Å². The van der Waals surface area contributed by atoms with Gasteiger partial charge in [0.15, 0.2) is 0 Å². The summed E-state index contributed by atoms with van der Waals surface area (Å²) in [6.45, 7) is 7.59. The Hall–Kier alpha value is 0.868. The maximum atomic E-state index is 2.53. The predicted octanol–water partition coefficient (Wildman–Crippen LogP) is -1.65. The second-order valence-corrected chi connectivity index (χ2v) is 43.5. The first-order valence-corrected chi connectivity index (χ1v) is 17.5. The molecule has 0 aromatic rings. The van der Waals surface area contributed by atoms with Crippen LogP contribution >= 0.6 is 0 Å².